The highest BCUT2D eigenvalue weighted by atomic mass is 16.2. The van der Waals surface area contributed by atoms with E-state index in [0.29, 0.717) is 12.2 Å². The van der Waals surface area contributed by atoms with Gasteiger partial charge in [0.2, 0.25) is 5.91 Å². The molecular weight excluding hydrogens is 330 g/mol. The van der Waals surface area contributed by atoms with Gasteiger partial charge >= 0.3 is 0 Å². The molecule has 2 aromatic heterocycles. The van der Waals surface area contributed by atoms with Crippen LogP contribution in [0.25, 0.3) is 0 Å². The first-order valence-corrected chi connectivity index (χ1v) is 9.12. The van der Waals surface area contributed by atoms with Crippen molar-refractivity contribution in [3.05, 3.63) is 47.5 Å². The summed E-state index contributed by atoms with van der Waals surface area (Å²) < 4.78 is 1.81. The van der Waals surface area contributed by atoms with Gasteiger partial charge in [-0.05, 0) is 37.0 Å². The number of hydrogen-bond donors (Lipinski definition) is 1. The van der Waals surface area contributed by atoms with Gasteiger partial charge in [0.15, 0.2) is 0 Å². The zero-order chi connectivity index (χ0) is 18.5. The minimum atomic E-state index is -0.0656. The second kappa shape index (κ2) is 8.12. The first-order valence-electron chi connectivity index (χ1n) is 9.12. The van der Waals surface area contributed by atoms with Crippen molar-refractivity contribution in [2.24, 2.45) is 0 Å². The van der Waals surface area contributed by atoms with E-state index in [0.717, 1.165) is 43.6 Å². The van der Waals surface area contributed by atoms with Crippen molar-refractivity contribution in [1.82, 2.24) is 25.0 Å². The molecule has 1 unspecified atom stereocenters. The van der Waals surface area contributed by atoms with Gasteiger partial charge in [-0.2, -0.15) is 5.10 Å². The number of carbonyl (C=O) groups is 2. The first-order chi connectivity index (χ1) is 12.6. The van der Waals surface area contributed by atoms with Crippen LogP contribution in [0.15, 0.2) is 30.6 Å². The average Bonchev–Trinajstić information content (AvgIpc) is 3.30. The largest absolute Gasteiger partial charge is 0.352 e. The summed E-state index contributed by atoms with van der Waals surface area (Å²) in [5.74, 6) is -0.101. The Balaban J connectivity index is 1.70. The Hall–Kier alpha value is -2.70. The fraction of sp³-hybridized carbons (Fsp3) is 0.474. The molecule has 2 aromatic rings. The summed E-state index contributed by atoms with van der Waals surface area (Å²) in [6.45, 7) is 5.57. The van der Waals surface area contributed by atoms with Gasteiger partial charge in [-0.15, -0.1) is 0 Å². The normalized spacial score (nSPS) is 16.7. The molecule has 138 valence electrons. The van der Waals surface area contributed by atoms with Crippen molar-refractivity contribution < 1.29 is 9.59 Å². The maximum absolute atomic E-state index is 12.9. The van der Waals surface area contributed by atoms with Crippen molar-refractivity contribution in [3.8, 4) is 0 Å². The highest BCUT2D eigenvalue weighted by Gasteiger charge is 2.32. The summed E-state index contributed by atoms with van der Waals surface area (Å²) in [6.07, 6.45) is 6.47. The predicted octanol–water partition coefficient (Wildman–Crippen LogP) is 2.30. The number of nitrogens with one attached hydrogen (secondary N) is 1. The Bertz CT molecular complexity index is 768. The van der Waals surface area contributed by atoms with Crippen molar-refractivity contribution >= 4 is 11.8 Å². The first kappa shape index (κ1) is 18.1. The van der Waals surface area contributed by atoms with E-state index in [2.05, 4.69) is 22.3 Å². The van der Waals surface area contributed by atoms with Gasteiger partial charge in [-0.3, -0.25) is 19.3 Å². The van der Waals surface area contributed by atoms with Crippen LogP contribution in [-0.2, 0) is 17.9 Å². The van der Waals surface area contributed by atoms with Gasteiger partial charge in [-0.1, -0.05) is 13.0 Å². The van der Waals surface area contributed by atoms with Gasteiger partial charge < -0.3 is 10.2 Å². The van der Waals surface area contributed by atoms with E-state index in [1.807, 2.05) is 27.9 Å². The fourth-order valence-electron chi connectivity index (χ4n) is 3.26. The third-order valence-electron chi connectivity index (χ3n) is 4.56. The summed E-state index contributed by atoms with van der Waals surface area (Å²) in [7, 11) is 0. The molecule has 7 heteroatoms. The smallest absolute Gasteiger partial charge is 0.274 e. The SMILES string of the molecule is CCCn1ccc(C(=O)N2CCCC2c2ccc(CNC(C)=O)cn2)n1. The summed E-state index contributed by atoms with van der Waals surface area (Å²) in [5.41, 5.74) is 2.32. The van der Waals surface area contributed by atoms with E-state index in [1.165, 1.54) is 6.92 Å². The number of aryl methyl sites for hydroxylation is 1. The molecular formula is C19H25N5O2. The molecule has 3 heterocycles. The summed E-state index contributed by atoms with van der Waals surface area (Å²) >= 11 is 0. The Morgan fingerprint density at radius 3 is 2.85 bits per heavy atom. The van der Waals surface area contributed by atoms with Crippen molar-refractivity contribution in [3.63, 3.8) is 0 Å². The van der Waals surface area contributed by atoms with E-state index in [4.69, 9.17) is 0 Å². The molecule has 1 aliphatic rings. The molecule has 2 amide bonds. The van der Waals surface area contributed by atoms with E-state index < -0.39 is 0 Å². The van der Waals surface area contributed by atoms with Crippen molar-refractivity contribution in [1.29, 1.82) is 0 Å². The Labute approximate surface area is 153 Å². The van der Waals surface area contributed by atoms with Crippen molar-refractivity contribution in [2.75, 3.05) is 6.54 Å². The lowest BCUT2D eigenvalue weighted by Gasteiger charge is -2.23. The number of amides is 2. The maximum Gasteiger partial charge on any atom is 0.274 e. The molecule has 0 aromatic carbocycles. The molecule has 0 bridgehead atoms. The monoisotopic (exact) mass is 355 g/mol. The molecule has 7 nitrogen and oxygen atoms in total. The highest BCUT2D eigenvalue weighted by Crippen LogP contribution is 2.31. The molecule has 1 N–H and O–H groups in total. The van der Waals surface area contributed by atoms with Gasteiger partial charge in [0.05, 0.1) is 11.7 Å². The number of likely N-dealkylation sites (tertiary alicyclic amines) is 1. The van der Waals surface area contributed by atoms with Gasteiger partial charge in [-0.25, -0.2) is 0 Å². The lowest BCUT2D eigenvalue weighted by Crippen LogP contribution is -2.31. The third-order valence-corrected chi connectivity index (χ3v) is 4.56. The minimum absolute atomic E-state index is 0.0198. The molecule has 26 heavy (non-hydrogen) atoms. The number of pyridine rings is 1. The molecule has 0 spiro atoms. The number of hydrogen-bond acceptors (Lipinski definition) is 4. The molecule has 1 aliphatic heterocycles. The quantitative estimate of drug-likeness (QED) is 0.862. The van der Waals surface area contributed by atoms with Crippen LogP contribution in [0.3, 0.4) is 0 Å². The molecule has 0 radical (unpaired) electrons. The standard InChI is InChI=1S/C19H25N5O2/c1-3-9-23-11-8-17(22-23)19(26)24-10-4-5-18(24)16-7-6-15(13-21-16)12-20-14(2)25/h6-8,11,13,18H,3-5,9-10,12H2,1-2H3,(H,20,25). The third kappa shape index (κ3) is 4.09. The van der Waals surface area contributed by atoms with Gasteiger partial charge in [0.1, 0.15) is 5.69 Å². The number of nitrogens with zero attached hydrogens (tertiary/aromatic N) is 4. The van der Waals surface area contributed by atoms with Gasteiger partial charge in [0.25, 0.3) is 5.91 Å². The summed E-state index contributed by atoms with van der Waals surface area (Å²) in [6, 6.07) is 5.67. The number of rotatable bonds is 6. The summed E-state index contributed by atoms with van der Waals surface area (Å²) in [5, 5.41) is 7.15. The lowest BCUT2D eigenvalue weighted by molar-refractivity contribution is -0.119. The number of aromatic nitrogens is 3. The summed E-state index contributed by atoms with van der Waals surface area (Å²) in [4.78, 5) is 30.3. The Morgan fingerprint density at radius 1 is 1.31 bits per heavy atom. The van der Waals surface area contributed by atoms with Crippen LogP contribution in [0.5, 0.6) is 0 Å². The Kier molecular flexibility index (Phi) is 5.65. The molecule has 1 atom stereocenters. The van der Waals surface area contributed by atoms with Crippen LogP contribution in [0.2, 0.25) is 0 Å². The zero-order valence-corrected chi connectivity index (χ0v) is 15.3. The lowest BCUT2D eigenvalue weighted by atomic mass is 10.1. The van der Waals surface area contributed by atoms with Crippen LogP contribution in [0.1, 0.15) is 60.9 Å². The minimum Gasteiger partial charge on any atom is -0.352 e. The highest BCUT2D eigenvalue weighted by molar-refractivity contribution is 5.92. The molecule has 1 saturated heterocycles. The van der Waals surface area contributed by atoms with Crippen LogP contribution in [-0.4, -0.2) is 38.0 Å². The topological polar surface area (TPSA) is 80.1 Å². The average molecular weight is 355 g/mol. The van der Waals surface area contributed by atoms with Crippen LogP contribution in [0, 0.1) is 0 Å². The van der Waals surface area contributed by atoms with Crippen LogP contribution in [0.4, 0.5) is 0 Å². The predicted molar refractivity (Wildman–Crippen MR) is 97.3 cm³/mol. The molecule has 1 fully saturated rings. The molecule has 3 rings (SSSR count). The Morgan fingerprint density at radius 2 is 2.15 bits per heavy atom. The second-order valence-electron chi connectivity index (χ2n) is 6.62. The van der Waals surface area contributed by atoms with Crippen molar-refractivity contribution in [2.45, 2.75) is 52.2 Å². The van der Waals surface area contributed by atoms with Gasteiger partial charge in [0, 0.05) is 39.0 Å². The molecule has 0 saturated carbocycles. The van der Waals surface area contributed by atoms with E-state index >= 15 is 0 Å². The van der Waals surface area contributed by atoms with E-state index in [1.54, 1.807) is 12.3 Å². The number of carbonyl (C=O) groups excluding carboxylic acids is 2. The van der Waals surface area contributed by atoms with Crippen LogP contribution >= 0.6 is 0 Å². The maximum atomic E-state index is 12.9. The zero-order valence-electron chi connectivity index (χ0n) is 15.3. The van der Waals surface area contributed by atoms with Crippen LogP contribution < -0.4 is 5.32 Å². The second-order valence-corrected chi connectivity index (χ2v) is 6.62. The van der Waals surface area contributed by atoms with E-state index in [-0.39, 0.29) is 17.9 Å². The molecule has 0 aliphatic carbocycles. The fourth-order valence-corrected chi connectivity index (χ4v) is 3.26. The van der Waals surface area contributed by atoms with E-state index in [9.17, 15) is 9.59 Å².